The van der Waals surface area contributed by atoms with Crippen LogP contribution in [0.25, 0.3) is 0 Å². The Morgan fingerprint density at radius 2 is 0.600 bits per heavy atom. The normalized spacial score (nSPS) is 15.9. The molecule has 0 unspecified atom stereocenters. The van der Waals surface area contributed by atoms with E-state index < -0.39 is 77.8 Å². The first kappa shape index (κ1) is 35.2. The molecule has 0 atom stereocenters. The van der Waals surface area contributed by atoms with Gasteiger partial charge in [-0.3, -0.25) is 0 Å². The van der Waals surface area contributed by atoms with Gasteiger partial charge in [0.25, 0.3) is 0 Å². The quantitative estimate of drug-likeness (QED) is 0.263. The summed E-state index contributed by atoms with van der Waals surface area (Å²) in [5, 5.41) is 0. The second-order valence-electron chi connectivity index (χ2n) is 6.87. The standard InChI is InChI=1S/C13F23N3O/c14-1-37-2(15)39-3(38-1)40-13(35,36)11(30,31)9(26,27)7(22,23)5(18,19)4(16,17)6(20,21)8(24,25)10(28,29)12(32,33)34. The third-order valence-electron chi connectivity index (χ3n) is 4.26. The Morgan fingerprint density at radius 3 is 0.875 bits per heavy atom. The van der Waals surface area contributed by atoms with Gasteiger partial charge in [0, 0.05) is 0 Å². The fourth-order valence-corrected chi connectivity index (χ4v) is 2.08. The fourth-order valence-electron chi connectivity index (χ4n) is 2.08. The van der Waals surface area contributed by atoms with Crippen LogP contribution in [0.4, 0.5) is 101 Å². The van der Waals surface area contributed by atoms with Gasteiger partial charge in [0.2, 0.25) is 0 Å². The Labute approximate surface area is 200 Å². The van der Waals surface area contributed by atoms with E-state index in [2.05, 4.69) is 4.74 Å². The van der Waals surface area contributed by atoms with E-state index in [1.165, 1.54) is 0 Å². The molecule has 0 saturated heterocycles. The van der Waals surface area contributed by atoms with Crippen LogP contribution in [0, 0.1) is 12.2 Å². The molecule has 1 aromatic rings. The molecule has 1 aromatic heterocycles. The predicted molar refractivity (Wildman–Crippen MR) is 70.9 cm³/mol. The Bertz CT molecular complexity index is 1070. The van der Waals surface area contributed by atoms with Gasteiger partial charge in [0.15, 0.2) is 0 Å². The first-order chi connectivity index (χ1) is 17.1. The van der Waals surface area contributed by atoms with Crippen LogP contribution >= 0.6 is 0 Å². The number of nitrogens with zero attached hydrogens (tertiary/aromatic N) is 3. The zero-order valence-corrected chi connectivity index (χ0v) is 16.9. The van der Waals surface area contributed by atoms with Crippen LogP contribution in [0.3, 0.4) is 0 Å². The lowest BCUT2D eigenvalue weighted by atomic mass is 9.87. The summed E-state index contributed by atoms with van der Waals surface area (Å²) in [5.74, 6) is -72.1. The van der Waals surface area contributed by atoms with Crippen LogP contribution in [-0.2, 0) is 0 Å². The topological polar surface area (TPSA) is 47.9 Å². The fraction of sp³-hybridized carbons (Fsp3) is 0.769. The van der Waals surface area contributed by atoms with Crippen molar-refractivity contribution in [3.63, 3.8) is 0 Å². The summed E-state index contributed by atoms with van der Waals surface area (Å²) in [6.45, 7) is 0. The van der Waals surface area contributed by atoms with Crippen molar-refractivity contribution in [2.24, 2.45) is 0 Å². The van der Waals surface area contributed by atoms with E-state index in [1.807, 2.05) is 4.98 Å². The van der Waals surface area contributed by atoms with Gasteiger partial charge >= 0.3 is 77.8 Å². The van der Waals surface area contributed by atoms with E-state index in [9.17, 15) is 101 Å². The Hall–Kier alpha value is -2.80. The van der Waals surface area contributed by atoms with E-state index in [-0.39, 0.29) is 0 Å². The minimum Gasteiger partial charge on any atom is -0.393 e. The highest BCUT2D eigenvalue weighted by molar-refractivity contribution is 5.17. The van der Waals surface area contributed by atoms with Crippen molar-refractivity contribution in [1.82, 2.24) is 15.0 Å². The Morgan fingerprint density at radius 1 is 0.350 bits per heavy atom. The van der Waals surface area contributed by atoms with Gasteiger partial charge in [0.05, 0.1) is 0 Å². The molecule has 234 valence electrons. The SMILES string of the molecule is Fc1nc(F)nc(OC(F)(F)C(F)(F)C(F)(F)C(F)(F)C(F)(F)C(F)(F)C(F)(F)C(F)(F)C(F)(F)C(F)(F)F)n1. The van der Waals surface area contributed by atoms with Crippen molar-refractivity contribution < 1.29 is 106 Å². The average molecular weight is 651 g/mol. The second kappa shape index (κ2) is 9.10. The van der Waals surface area contributed by atoms with Crippen LogP contribution in [-0.4, -0.2) is 74.6 Å². The molecule has 0 radical (unpaired) electrons. The van der Waals surface area contributed by atoms with Crippen molar-refractivity contribution in [3.8, 4) is 6.01 Å². The maximum absolute atomic E-state index is 13.6. The number of hydrogen-bond acceptors (Lipinski definition) is 4. The monoisotopic (exact) mass is 651 g/mol. The largest absolute Gasteiger partial charge is 0.473 e. The predicted octanol–water partition coefficient (Wildman–Crippen LogP) is 6.77. The molecule has 0 aliphatic rings. The summed E-state index contributed by atoms with van der Waals surface area (Å²) in [6, 6.07) is -2.90. The van der Waals surface area contributed by atoms with Gasteiger partial charge in [-0.15, -0.1) is 9.97 Å². The van der Waals surface area contributed by atoms with Crippen molar-refractivity contribution in [1.29, 1.82) is 0 Å². The molecular weight excluding hydrogens is 651 g/mol. The first-order valence-electron chi connectivity index (χ1n) is 8.35. The molecule has 0 aliphatic carbocycles. The molecule has 1 heterocycles. The first-order valence-corrected chi connectivity index (χ1v) is 8.35. The third kappa shape index (κ3) is 4.54. The van der Waals surface area contributed by atoms with Crippen molar-refractivity contribution in [3.05, 3.63) is 12.2 Å². The minimum atomic E-state index is -9.34. The smallest absolute Gasteiger partial charge is 0.393 e. The molecule has 0 amide bonds. The lowest BCUT2D eigenvalue weighted by Gasteiger charge is -2.44. The molecular formula is C13F23N3O. The average Bonchev–Trinajstić information content (AvgIpc) is 2.70. The number of halogens is 23. The maximum Gasteiger partial charge on any atom is 0.473 e. The highest BCUT2D eigenvalue weighted by Crippen LogP contribution is 2.66. The van der Waals surface area contributed by atoms with Crippen molar-refractivity contribution >= 4 is 0 Å². The zero-order chi connectivity index (χ0) is 32.6. The molecule has 0 aromatic carbocycles. The molecule has 0 saturated carbocycles. The van der Waals surface area contributed by atoms with E-state index >= 15 is 0 Å². The number of alkyl halides is 21. The van der Waals surface area contributed by atoms with E-state index in [0.29, 0.717) is 0 Å². The van der Waals surface area contributed by atoms with Gasteiger partial charge in [-0.05, 0) is 0 Å². The van der Waals surface area contributed by atoms with Crippen LogP contribution in [0.1, 0.15) is 0 Å². The summed E-state index contributed by atoms with van der Waals surface area (Å²) < 4.78 is 305. The molecule has 0 fully saturated rings. The Kier molecular flexibility index (Phi) is 8.02. The lowest BCUT2D eigenvalue weighted by molar-refractivity contribution is -0.480. The number of rotatable bonds is 10. The summed E-state index contributed by atoms with van der Waals surface area (Å²) in [5.41, 5.74) is 0. The van der Waals surface area contributed by atoms with Gasteiger partial charge in [-0.2, -0.15) is 106 Å². The van der Waals surface area contributed by atoms with Crippen LogP contribution in [0.15, 0.2) is 0 Å². The molecule has 27 heteroatoms. The molecule has 40 heavy (non-hydrogen) atoms. The summed E-state index contributed by atoms with van der Waals surface area (Å²) in [6.07, 6.45) is -21.0. The second-order valence-corrected chi connectivity index (χ2v) is 6.87. The molecule has 0 bridgehead atoms. The third-order valence-corrected chi connectivity index (χ3v) is 4.26. The van der Waals surface area contributed by atoms with Crippen LogP contribution in [0.5, 0.6) is 6.01 Å². The summed E-state index contributed by atoms with van der Waals surface area (Å²) in [7, 11) is 0. The van der Waals surface area contributed by atoms with E-state index in [4.69, 9.17) is 0 Å². The van der Waals surface area contributed by atoms with Crippen molar-refractivity contribution in [2.75, 3.05) is 0 Å². The highest BCUT2D eigenvalue weighted by Gasteiger charge is 2.98. The molecule has 4 nitrogen and oxygen atoms in total. The van der Waals surface area contributed by atoms with Crippen molar-refractivity contribution in [2.45, 2.75) is 59.7 Å². The van der Waals surface area contributed by atoms with E-state index in [0.717, 1.165) is 0 Å². The number of ether oxygens (including phenoxy) is 1. The summed E-state index contributed by atoms with van der Waals surface area (Å²) in [4.78, 5) is 5.39. The van der Waals surface area contributed by atoms with Gasteiger partial charge in [0.1, 0.15) is 0 Å². The maximum atomic E-state index is 13.6. The minimum absolute atomic E-state index is 1.76. The van der Waals surface area contributed by atoms with Crippen LogP contribution in [0.2, 0.25) is 0 Å². The lowest BCUT2D eigenvalue weighted by Crippen LogP contribution is -2.77. The number of hydrogen-bond donors (Lipinski definition) is 0. The van der Waals surface area contributed by atoms with Crippen LogP contribution < -0.4 is 4.74 Å². The molecule has 0 spiro atoms. The molecule has 0 N–H and O–H groups in total. The van der Waals surface area contributed by atoms with Gasteiger partial charge in [-0.1, -0.05) is 0 Å². The molecule has 0 aliphatic heterocycles. The zero-order valence-electron chi connectivity index (χ0n) is 16.9. The van der Waals surface area contributed by atoms with Gasteiger partial charge in [-0.25, -0.2) is 0 Å². The highest BCUT2D eigenvalue weighted by atomic mass is 19.4. The van der Waals surface area contributed by atoms with Gasteiger partial charge < -0.3 is 4.74 Å². The number of aromatic nitrogens is 3. The van der Waals surface area contributed by atoms with E-state index in [1.54, 1.807) is 9.97 Å². The molecule has 1 rings (SSSR count). The summed E-state index contributed by atoms with van der Waals surface area (Å²) >= 11 is 0. The Balaban J connectivity index is 3.75.